The van der Waals surface area contributed by atoms with Crippen molar-refractivity contribution in [2.75, 3.05) is 26.5 Å². The summed E-state index contributed by atoms with van der Waals surface area (Å²) in [6.45, 7) is 4.02. The smallest absolute Gasteiger partial charge is 0.410 e. The number of aromatic nitrogens is 2. The molecule has 2 atom stereocenters. The number of hydrogen-bond donors (Lipinski definition) is 0. The highest BCUT2D eigenvalue weighted by molar-refractivity contribution is 14.1. The first kappa shape index (κ1) is 24.7. The van der Waals surface area contributed by atoms with Gasteiger partial charge in [0, 0.05) is 28.5 Å². The Hall–Kier alpha value is -1.92. The second-order valence-corrected chi connectivity index (χ2v) is 9.48. The summed E-state index contributed by atoms with van der Waals surface area (Å²) in [5.74, 6) is -0.181. The van der Waals surface area contributed by atoms with E-state index in [1.807, 2.05) is 18.4 Å². The summed E-state index contributed by atoms with van der Waals surface area (Å²) in [5, 5.41) is 0.479. The molecule has 1 aliphatic rings. The van der Waals surface area contributed by atoms with Gasteiger partial charge in [0.15, 0.2) is 5.78 Å². The molecule has 32 heavy (non-hydrogen) atoms. The molecule has 0 bridgehead atoms. The highest BCUT2D eigenvalue weighted by atomic mass is 127. The Bertz CT molecular complexity index is 1070. The van der Waals surface area contributed by atoms with Crippen LogP contribution in [0.5, 0.6) is 0 Å². The van der Waals surface area contributed by atoms with Crippen LogP contribution in [0.1, 0.15) is 19.3 Å². The van der Waals surface area contributed by atoms with Crippen molar-refractivity contribution < 1.29 is 19.1 Å². The third kappa shape index (κ3) is 5.52. The van der Waals surface area contributed by atoms with Gasteiger partial charge in [-0.3, -0.25) is 14.2 Å². The number of rotatable bonds is 8. The molecule has 1 amide bonds. The molecule has 10 heteroatoms. The van der Waals surface area contributed by atoms with Crippen LogP contribution in [0, 0.1) is 3.57 Å². The number of benzene rings is 1. The van der Waals surface area contributed by atoms with Gasteiger partial charge in [-0.05, 0) is 53.8 Å². The minimum Gasteiger partial charge on any atom is -0.445 e. The van der Waals surface area contributed by atoms with Crippen molar-refractivity contribution in [3.8, 4) is 0 Å². The molecule has 1 fully saturated rings. The maximum atomic E-state index is 13.0. The third-order valence-corrected chi connectivity index (χ3v) is 7.50. The number of nitrogens with zero attached hydrogens (tertiary/aromatic N) is 3. The van der Waals surface area contributed by atoms with E-state index in [9.17, 15) is 14.4 Å². The van der Waals surface area contributed by atoms with Crippen molar-refractivity contribution >= 4 is 57.1 Å². The Labute approximate surface area is 204 Å². The molecule has 172 valence electrons. The fraction of sp³-hybridized carbons (Fsp3) is 0.455. The molecule has 1 aromatic carbocycles. The van der Waals surface area contributed by atoms with Gasteiger partial charge in [0.05, 0.1) is 35.9 Å². The van der Waals surface area contributed by atoms with Crippen LogP contribution in [0.3, 0.4) is 0 Å². The number of methoxy groups -OCH3 is 1. The lowest BCUT2D eigenvalue weighted by Crippen LogP contribution is -2.53. The Balaban J connectivity index is 1.80. The first-order valence-electron chi connectivity index (χ1n) is 10.2. The topological polar surface area (TPSA) is 90.7 Å². The summed E-state index contributed by atoms with van der Waals surface area (Å²) in [6, 6.07) is 3.23. The molecule has 0 saturated carbocycles. The van der Waals surface area contributed by atoms with E-state index < -0.39 is 12.1 Å². The monoisotopic (exact) mass is 571 g/mol. The number of hydrogen-bond acceptors (Lipinski definition) is 7. The molecule has 2 heterocycles. The second kappa shape index (κ2) is 11.3. The molecule has 1 saturated heterocycles. The van der Waals surface area contributed by atoms with Gasteiger partial charge >= 0.3 is 6.09 Å². The van der Waals surface area contributed by atoms with Gasteiger partial charge < -0.3 is 14.4 Å². The number of carbonyl (C=O) groups is 2. The Morgan fingerprint density at radius 2 is 2.19 bits per heavy atom. The number of ketones is 1. The van der Waals surface area contributed by atoms with E-state index in [-0.39, 0.29) is 37.0 Å². The number of halogens is 1. The lowest BCUT2D eigenvalue weighted by Gasteiger charge is -2.39. The highest BCUT2D eigenvalue weighted by Gasteiger charge is 2.36. The minimum atomic E-state index is -0.492. The fourth-order valence-electron chi connectivity index (χ4n) is 3.90. The number of fused-ring (bicyclic) bond motifs is 1. The highest BCUT2D eigenvalue weighted by Crippen LogP contribution is 2.26. The largest absolute Gasteiger partial charge is 0.445 e. The van der Waals surface area contributed by atoms with Crippen molar-refractivity contribution in [2.24, 2.45) is 0 Å². The number of amides is 1. The predicted octanol–water partition coefficient (Wildman–Crippen LogP) is 3.48. The molecule has 0 unspecified atom stereocenters. The quantitative estimate of drug-likeness (QED) is 0.272. The fourth-order valence-corrected chi connectivity index (χ4v) is 5.50. The van der Waals surface area contributed by atoms with Crippen molar-refractivity contribution in [3.05, 3.63) is 45.0 Å². The Morgan fingerprint density at radius 1 is 1.41 bits per heavy atom. The lowest BCUT2D eigenvalue weighted by atomic mass is 9.94. The molecule has 2 aromatic rings. The summed E-state index contributed by atoms with van der Waals surface area (Å²) < 4.78 is 13.1. The molecular weight excluding hydrogens is 545 g/mol. The average molecular weight is 571 g/mol. The van der Waals surface area contributed by atoms with Gasteiger partial charge in [-0.25, -0.2) is 9.78 Å². The van der Waals surface area contributed by atoms with Gasteiger partial charge in [0.1, 0.15) is 6.61 Å². The molecule has 1 aromatic heterocycles. The van der Waals surface area contributed by atoms with E-state index in [2.05, 4.69) is 34.2 Å². The first-order valence-corrected chi connectivity index (χ1v) is 12.5. The van der Waals surface area contributed by atoms with E-state index in [0.717, 1.165) is 21.3 Å². The summed E-state index contributed by atoms with van der Waals surface area (Å²) in [5.41, 5.74) is 0.341. The number of Topliss-reactive ketones (excluding diaryl/α,β-unsaturated/α-hetero) is 1. The van der Waals surface area contributed by atoms with Crippen LogP contribution < -0.4 is 5.56 Å². The lowest BCUT2D eigenvalue weighted by molar-refractivity contribution is -0.122. The molecule has 0 aliphatic carbocycles. The van der Waals surface area contributed by atoms with Crippen molar-refractivity contribution in [3.63, 3.8) is 0 Å². The molecule has 0 radical (unpaired) electrons. The Morgan fingerprint density at radius 3 is 2.88 bits per heavy atom. The van der Waals surface area contributed by atoms with Gasteiger partial charge in [0.25, 0.3) is 5.56 Å². The number of carbonyl (C=O) groups excluding carboxylic acids is 2. The Kier molecular flexibility index (Phi) is 8.72. The normalized spacial score (nSPS) is 18.5. The van der Waals surface area contributed by atoms with Crippen LogP contribution >= 0.6 is 34.4 Å². The zero-order valence-electron chi connectivity index (χ0n) is 18.1. The van der Waals surface area contributed by atoms with Crippen LogP contribution in [0.2, 0.25) is 0 Å². The molecular formula is C22H26IN3O5S. The van der Waals surface area contributed by atoms with Gasteiger partial charge in [-0.1, -0.05) is 12.7 Å². The maximum absolute atomic E-state index is 13.0. The third-order valence-electron chi connectivity index (χ3n) is 5.46. The summed E-state index contributed by atoms with van der Waals surface area (Å²) in [6.07, 6.45) is 5.65. The van der Waals surface area contributed by atoms with Crippen LogP contribution in [-0.2, 0) is 20.8 Å². The standard InChI is InChI=1S/C22H26IN3O5S/c1-4-8-31-22(29)26-7-5-6-19(30-2)18(26)9-14(27)12-25-13-24-17-11-16(23)20(32-3)10-15(17)21(25)28/h4,10-11,13,18-19H,1,5-9,12H2,2-3H3/t18-,19+/m0/s1. The maximum Gasteiger partial charge on any atom is 0.410 e. The number of piperidine rings is 1. The molecule has 0 N–H and O–H groups in total. The molecule has 0 spiro atoms. The van der Waals surface area contributed by atoms with E-state index in [1.54, 1.807) is 23.8 Å². The predicted molar refractivity (Wildman–Crippen MR) is 132 cm³/mol. The van der Waals surface area contributed by atoms with Crippen molar-refractivity contribution in [2.45, 2.75) is 42.8 Å². The van der Waals surface area contributed by atoms with Gasteiger partial charge in [-0.15, -0.1) is 11.8 Å². The minimum absolute atomic E-state index is 0.0644. The summed E-state index contributed by atoms with van der Waals surface area (Å²) in [7, 11) is 1.57. The summed E-state index contributed by atoms with van der Waals surface area (Å²) >= 11 is 3.77. The molecule has 3 rings (SSSR count). The van der Waals surface area contributed by atoms with Gasteiger partial charge in [-0.2, -0.15) is 0 Å². The van der Waals surface area contributed by atoms with Crippen LogP contribution in [-0.4, -0.2) is 65.0 Å². The van der Waals surface area contributed by atoms with E-state index in [1.165, 1.54) is 17.0 Å². The molecule has 1 aliphatic heterocycles. The van der Waals surface area contributed by atoms with Crippen molar-refractivity contribution in [1.29, 1.82) is 0 Å². The van der Waals surface area contributed by atoms with Gasteiger partial charge in [0.2, 0.25) is 0 Å². The van der Waals surface area contributed by atoms with Crippen molar-refractivity contribution in [1.82, 2.24) is 14.5 Å². The molecule has 8 nitrogen and oxygen atoms in total. The average Bonchev–Trinajstić information content (AvgIpc) is 2.79. The van der Waals surface area contributed by atoms with Crippen LogP contribution in [0.25, 0.3) is 10.9 Å². The van der Waals surface area contributed by atoms with Crippen LogP contribution in [0.4, 0.5) is 4.79 Å². The number of likely N-dealkylation sites (tertiary alicyclic amines) is 1. The first-order chi connectivity index (χ1) is 15.4. The van der Waals surface area contributed by atoms with E-state index >= 15 is 0 Å². The van der Waals surface area contributed by atoms with Crippen LogP contribution in [0.15, 0.2) is 40.8 Å². The number of thioether (sulfide) groups is 1. The zero-order valence-corrected chi connectivity index (χ0v) is 21.1. The SMILES string of the molecule is C=CCOC(=O)N1CCC[C@@H](OC)[C@@H]1CC(=O)Cn1cnc2cc(I)c(SC)cc2c1=O. The van der Waals surface area contributed by atoms with E-state index in [0.29, 0.717) is 17.4 Å². The van der Waals surface area contributed by atoms with E-state index in [4.69, 9.17) is 9.47 Å². The summed E-state index contributed by atoms with van der Waals surface area (Å²) in [4.78, 5) is 45.3. The second-order valence-electron chi connectivity index (χ2n) is 7.47. The number of ether oxygens (including phenoxy) is 2. The zero-order chi connectivity index (χ0) is 23.3.